The standard InChI is InChI=1S/C15H13FN4OS/c1-3-13-19-20-15(22-13)18-14(21)11(8-17)7-10-4-5-12(16)9(2)6-10/h4-7H,3H2,1-2H3,(H,18,20,21). The van der Waals surface area contributed by atoms with Crippen LogP contribution in [0.2, 0.25) is 0 Å². The molecular formula is C15H13FN4OS. The Kier molecular flexibility index (Phi) is 4.96. The van der Waals surface area contributed by atoms with Gasteiger partial charge in [-0.2, -0.15) is 5.26 Å². The Labute approximate surface area is 131 Å². The number of carbonyl (C=O) groups is 1. The molecule has 0 radical (unpaired) electrons. The number of nitriles is 1. The Morgan fingerprint density at radius 3 is 2.86 bits per heavy atom. The molecule has 0 saturated carbocycles. The largest absolute Gasteiger partial charge is 0.296 e. The summed E-state index contributed by atoms with van der Waals surface area (Å²) in [6, 6.07) is 6.21. The fraction of sp³-hybridized carbons (Fsp3) is 0.200. The molecule has 0 aliphatic rings. The van der Waals surface area contributed by atoms with E-state index in [1.54, 1.807) is 13.0 Å². The van der Waals surface area contributed by atoms with Gasteiger partial charge >= 0.3 is 0 Å². The van der Waals surface area contributed by atoms with Crippen LogP contribution in [0.4, 0.5) is 9.52 Å². The van der Waals surface area contributed by atoms with Gasteiger partial charge in [0, 0.05) is 0 Å². The molecule has 0 aliphatic carbocycles. The fourth-order valence-electron chi connectivity index (χ4n) is 1.68. The van der Waals surface area contributed by atoms with Crippen LogP contribution in [0.15, 0.2) is 23.8 Å². The number of anilines is 1. The van der Waals surface area contributed by atoms with E-state index in [1.807, 2.05) is 13.0 Å². The summed E-state index contributed by atoms with van der Waals surface area (Å²) < 4.78 is 13.2. The first-order valence-electron chi connectivity index (χ1n) is 6.55. The van der Waals surface area contributed by atoms with Crippen LogP contribution >= 0.6 is 11.3 Å². The Morgan fingerprint density at radius 1 is 1.50 bits per heavy atom. The lowest BCUT2D eigenvalue weighted by atomic mass is 10.1. The molecule has 0 fully saturated rings. The molecule has 7 heteroatoms. The van der Waals surface area contributed by atoms with E-state index in [2.05, 4.69) is 15.5 Å². The van der Waals surface area contributed by atoms with Crippen LogP contribution in [-0.4, -0.2) is 16.1 Å². The maximum absolute atomic E-state index is 13.2. The number of nitrogens with zero attached hydrogens (tertiary/aromatic N) is 3. The van der Waals surface area contributed by atoms with Crippen LogP contribution in [-0.2, 0) is 11.2 Å². The van der Waals surface area contributed by atoms with Crippen molar-refractivity contribution in [1.29, 1.82) is 5.26 Å². The molecule has 0 spiro atoms. The van der Waals surface area contributed by atoms with Gasteiger partial charge in [-0.1, -0.05) is 24.3 Å². The molecular weight excluding hydrogens is 303 g/mol. The van der Waals surface area contributed by atoms with Crippen molar-refractivity contribution in [2.24, 2.45) is 0 Å². The van der Waals surface area contributed by atoms with Crippen LogP contribution in [0.25, 0.3) is 6.08 Å². The zero-order chi connectivity index (χ0) is 16.1. The molecule has 1 amide bonds. The molecule has 1 aromatic heterocycles. The molecule has 22 heavy (non-hydrogen) atoms. The predicted octanol–water partition coefficient (Wildman–Crippen LogP) is 3.09. The van der Waals surface area contributed by atoms with E-state index in [0.717, 1.165) is 11.4 Å². The molecule has 2 rings (SSSR count). The lowest BCUT2D eigenvalue weighted by Gasteiger charge is -2.01. The Balaban J connectivity index is 2.19. The van der Waals surface area contributed by atoms with Crippen LogP contribution < -0.4 is 5.32 Å². The highest BCUT2D eigenvalue weighted by Crippen LogP contribution is 2.17. The summed E-state index contributed by atoms with van der Waals surface area (Å²) in [7, 11) is 0. The summed E-state index contributed by atoms with van der Waals surface area (Å²) >= 11 is 1.26. The lowest BCUT2D eigenvalue weighted by Crippen LogP contribution is -2.13. The number of carbonyl (C=O) groups excluding carboxylic acids is 1. The van der Waals surface area contributed by atoms with E-state index >= 15 is 0 Å². The summed E-state index contributed by atoms with van der Waals surface area (Å²) in [5.41, 5.74) is 0.944. The number of benzene rings is 1. The normalized spacial score (nSPS) is 11.1. The molecule has 112 valence electrons. The zero-order valence-corrected chi connectivity index (χ0v) is 12.9. The molecule has 0 saturated heterocycles. The minimum atomic E-state index is -0.566. The van der Waals surface area contributed by atoms with Gasteiger partial charge < -0.3 is 0 Å². The smallest absolute Gasteiger partial charge is 0.268 e. The summed E-state index contributed by atoms with van der Waals surface area (Å²) in [5, 5.41) is 20.5. The summed E-state index contributed by atoms with van der Waals surface area (Å²) in [6.07, 6.45) is 2.13. The average Bonchev–Trinajstić information content (AvgIpc) is 2.95. The monoisotopic (exact) mass is 316 g/mol. The second-order valence-corrected chi connectivity index (χ2v) is 5.55. The van der Waals surface area contributed by atoms with Crippen molar-refractivity contribution in [2.45, 2.75) is 20.3 Å². The highest BCUT2D eigenvalue weighted by molar-refractivity contribution is 7.15. The summed E-state index contributed by atoms with van der Waals surface area (Å²) in [5.74, 6) is -0.899. The SMILES string of the molecule is CCc1nnc(NC(=O)C(C#N)=Cc2ccc(F)c(C)c2)s1. The first kappa shape index (κ1) is 15.8. The van der Waals surface area contributed by atoms with Crippen LogP contribution in [0, 0.1) is 24.1 Å². The molecule has 1 N–H and O–H groups in total. The Hall–Kier alpha value is -2.59. The van der Waals surface area contributed by atoms with Gasteiger partial charge in [0.1, 0.15) is 22.5 Å². The third-order valence-corrected chi connectivity index (χ3v) is 3.83. The van der Waals surface area contributed by atoms with Crippen molar-refractivity contribution < 1.29 is 9.18 Å². The molecule has 0 atom stereocenters. The highest BCUT2D eigenvalue weighted by atomic mass is 32.1. The number of aryl methyl sites for hydroxylation is 2. The molecule has 0 unspecified atom stereocenters. The van der Waals surface area contributed by atoms with Gasteiger partial charge in [0.25, 0.3) is 5.91 Å². The van der Waals surface area contributed by atoms with Gasteiger partial charge in [0.05, 0.1) is 0 Å². The van der Waals surface area contributed by atoms with Crippen LogP contribution in [0.1, 0.15) is 23.1 Å². The molecule has 1 aromatic carbocycles. The third-order valence-electron chi connectivity index (χ3n) is 2.85. The second kappa shape index (κ2) is 6.91. The Morgan fingerprint density at radius 2 is 2.27 bits per heavy atom. The predicted molar refractivity (Wildman–Crippen MR) is 82.6 cm³/mol. The lowest BCUT2D eigenvalue weighted by molar-refractivity contribution is -0.112. The van der Waals surface area contributed by atoms with Gasteiger partial charge in [0.15, 0.2) is 0 Å². The maximum Gasteiger partial charge on any atom is 0.268 e. The zero-order valence-electron chi connectivity index (χ0n) is 12.1. The first-order valence-corrected chi connectivity index (χ1v) is 7.36. The number of aromatic nitrogens is 2. The number of hydrogen-bond donors (Lipinski definition) is 1. The van der Waals surface area contributed by atoms with Gasteiger partial charge in [-0.3, -0.25) is 10.1 Å². The molecule has 0 bridgehead atoms. The topological polar surface area (TPSA) is 78.7 Å². The average molecular weight is 316 g/mol. The van der Waals surface area contributed by atoms with Crippen molar-refractivity contribution in [3.05, 3.63) is 45.7 Å². The molecule has 1 heterocycles. The van der Waals surface area contributed by atoms with E-state index in [9.17, 15) is 9.18 Å². The summed E-state index contributed by atoms with van der Waals surface area (Å²) in [6.45, 7) is 3.55. The van der Waals surface area contributed by atoms with E-state index in [-0.39, 0.29) is 11.4 Å². The van der Waals surface area contributed by atoms with Crippen LogP contribution in [0.5, 0.6) is 0 Å². The fourth-order valence-corrected chi connectivity index (χ4v) is 2.36. The molecule has 5 nitrogen and oxygen atoms in total. The number of rotatable bonds is 4. The van der Waals surface area contributed by atoms with Crippen molar-refractivity contribution in [3.63, 3.8) is 0 Å². The minimum absolute atomic E-state index is 0.0840. The van der Waals surface area contributed by atoms with Gasteiger partial charge in [-0.25, -0.2) is 4.39 Å². The van der Waals surface area contributed by atoms with E-state index in [4.69, 9.17) is 5.26 Å². The second-order valence-electron chi connectivity index (χ2n) is 4.49. The van der Waals surface area contributed by atoms with Crippen molar-refractivity contribution in [2.75, 3.05) is 5.32 Å². The van der Waals surface area contributed by atoms with E-state index < -0.39 is 5.91 Å². The quantitative estimate of drug-likeness (QED) is 0.694. The number of hydrogen-bond acceptors (Lipinski definition) is 5. The van der Waals surface area contributed by atoms with E-state index in [0.29, 0.717) is 16.3 Å². The van der Waals surface area contributed by atoms with Gasteiger partial charge in [-0.05, 0) is 42.7 Å². The maximum atomic E-state index is 13.2. The van der Waals surface area contributed by atoms with Crippen molar-refractivity contribution in [3.8, 4) is 6.07 Å². The third kappa shape index (κ3) is 3.74. The van der Waals surface area contributed by atoms with Gasteiger partial charge in [0.2, 0.25) is 5.13 Å². The number of amides is 1. The van der Waals surface area contributed by atoms with E-state index in [1.165, 1.54) is 29.5 Å². The van der Waals surface area contributed by atoms with Crippen molar-refractivity contribution in [1.82, 2.24) is 10.2 Å². The Bertz CT molecular complexity index is 776. The highest BCUT2D eigenvalue weighted by Gasteiger charge is 2.12. The number of nitrogens with one attached hydrogen (secondary N) is 1. The summed E-state index contributed by atoms with van der Waals surface area (Å²) in [4.78, 5) is 12.1. The molecule has 2 aromatic rings. The minimum Gasteiger partial charge on any atom is -0.296 e. The van der Waals surface area contributed by atoms with Crippen molar-refractivity contribution >= 4 is 28.5 Å². The number of halogens is 1. The van der Waals surface area contributed by atoms with Gasteiger partial charge in [-0.15, -0.1) is 10.2 Å². The molecule has 0 aliphatic heterocycles. The van der Waals surface area contributed by atoms with Crippen LogP contribution in [0.3, 0.4) is 0 Å². The first-order chi connectivity index (χ1) is 10.5.